The van der Waals surface area contributed by atoms with Gasteiger partial charge in [-0.15, -0.1) is 10.2 Å². The Kier molecular flexibility index (Phi) is 3.76. The lowest BCUT2D eigenvalue weighted by atomic mass is 9.87. The van der Waals surface area contributed by atoms with Gasteiger partial charge in [-0.25, -0.2) is 0 Å². The van der Waals surface area contributed by atoms with Crippen LogP contribution in [0.1, 0.15) is 36.2 Å². The van der Waals surface area contributed by atoms with E-state index < -0.39 is 5.91 Å². The molecule has 0 unspecified atom stereocenters. The van der Waals surface area contributed by atoms with Gasteiger partial charge in [0.25, 0.3) is 5.91 Å². The molecule has 6 nitrogen and oxygen atoms in total. The van der Waals surface area contributed by atoms with Crippen molar-refractivity contribution in [1.82, 2.24) is 10.2 Å². The van der Waals surface area contributed by atoms with Crippen molar-refractivity contribution in [3.8, 4) is 0 Å². The van der Waals surface area contributed by atoms with Crippen molar-refractivity contribution in [3.05, 3.63) is 17.8 Å². The summed E-state index contributed by atoms with van der Waals surface area (Å²) in [5.41, 5.74) is 5.20. The van der Waals surface area contributed by atoms with E-state index in [-0.39, 0.29) is 17.7 Å². The molecule has 4 N–H and O–H groups in total. The largest absolute Gasteiger partial charge is 0.396 e. The number of hydrogen-bond acceptors (Lipinski definition) is 5. The summed E-state index contributed by atoms with van der Waals surface area (Å²) in [4.78, 5) is 10.8. The molecule has 1 aliphatic carbocycles. The molecule has 0 aliphatic heterocycles. The highest BCUT2D eigenvalue weighted by Gasteiger charge is 2.32. The van der Waals surface area contributed by atoms with Gasteiger partial charge in [-0.05, 0) is 25.0 Å². The van der Waals surface area contributed by atoms with E-state index in [1.54, 1.807) is 6.07 Å². The van der Waals surface area contributed by atoms with Gasteiger partial charge in [0.15, 0.2) is 5.69 Å². The van der Waals surface area contributed by atoms with Crippen molar-refractivity contribution in [1.29, 1.82) is 0 Å². The van der Waals surface area contributed by atoms with E-state index in [9.17, 15) is 9.90 Å². The molecule has 6 heteroatoms. The van der Waals surface area contributed by atoms with Crippen LogP contribution in [0, 0.1) is 5.41 Å². The van der Waals surface area contributed by atoms with Gasteiger partial charge in [-0.2, -0.15) is 0 Å². The molecule has 1 amide bonds. The lowest BCUT2D eigenvalue weighted by molar-refractivity contribution is 0.0994. The Hall–Kier alpha value is -1.69. The number of nitrogens with one attached hydrogen (secondary N) is 1. The molecule has 1 saturated carbocycles. The summed E-state index contributed by atoms with van der Waals surface area (Å²) < 4.78 is 0. The maximum atomic E-state index is 10.8. The van der Waals surface area contributed by atoms with E-state index in [2.05, 4.69) is 15.5 Å². The molecule has 1 fully saturated rings. The number of aromatic nitrogens is 2. The maximum absolute atomic E-state index is 10.8. The number of rotatable bonds is 5. The van der Waals surface area contributed by atoms with Crippen LogP contribution in [-0.2, 0) is 0 Å². The van der Waals surface area contributed by atoms with Gasteiger partial charge >= 0.3 is 0 Å². The second-order valence-electron chi connectivity index (χ2n) is 4.89. The molecule has 0 atom stereocenters. The summed E-state index contributed by atoms with van der Waals surface area (Å²) in [6.45, 7) is 0.862. The first kappa shape index (κ1) is 12.8. The fraction of sp³-hybridized carbons (Fsp3) is 0.583. The van der Waals surface area contributed by atoms with E-state index in [0.717, 1.165) is 25.7 Å². The summed E-state index contributed by atoms with van der Waals surface area (Å²) in [7, 11) is 0. The molecule has 18 heavy (non-hydrogen) atoms. The van der Waals surface area contributed by atoms with E-state index >= 15 is 0 Å². The van der Waals surface area contributed by atoms with Gasteiger partial charge in [0.05, 0.1) is 6.61 Å². The van der Waals surface area contributed by atoms with Crippen molar-refractivity contribution < 1.29 is 9.90 Å². The number of aliphatic hydroxyl groups excluding tert-OH is 1. The molecule has 0 saturated heterocycles. The molecular formula is C12H18N4O2. The number of amides is 1. The molecule has 0 aromatic carbocycles. The first-order valence-electron chi connectivity index (χ1n) is 6.13. The predicted molar refractivity (Wildman–Crippen MR) is 67.0 cm³/mol. The van der Waals surface area contributed by atoms with Crippen LogP contribution >= 0.6 is 0 Å². The Labute approximate surface area is 106 Å². The molecule has 2 rings (SSSR count). The maximum Gasteiger partial charge on any atom is 0.269 e. The first-order chi connectivity index (χ1) is 8.65. The lowest BCUT2D eigenvalue weighted by Crippen LogP contribution is -2.30. The molecule has 98 valence electrons. The van der Waals surface area contributed by atoms with Gasteiger partial charge in [-0.3, -0.25) is 4.79 Å². The normalized spacial score (nSPS) is 17.6. The quantitative estimate of drug-likeness (QED) is 0.708. The number of nitrogens with zero attached hydrogens (tertiary/aromatic N) is 2. The zero-order valence-corrected chi connectivity index (χ0v) is 10.2. The van der Waals surface area contributed by atoms with Crippen LogP contribution in [-0.4, -0.2) is 34.4 Å². The Bertz CT molecular complexity index is 413. The smallest absolute Gasteiger partial charge is 0.269 e. The summed E-state index contributed by atoms with van der Waals surface area (Å²) in [6, 6.07) is 3.21. The Morgan fingerprint density at radius 1 is 1.39 bits per heavy atom. The number of carbonyl (C=O) groups is 1. The number of carbonyl (C=O) groups excluding carboxylic acids is 1. The Morgan fingerprint density at radius 3 is 2.61 bits per heavy atom. The number of nitrogens with two attached hydrogens (primary N) is 1. The van der Waals surface area contributed by atoms with Crippen molar-refractivity contribution >= 4 is 11.7 Å². The zero-order chi connectivity index (χ0) is 13.0. The summed E-state index contributed by atoms with van der Waals surface area (Å²) in [5.74, 6) is 0.0106. The van der Waals surface area contributed by atoms with Crippen LogP contribution in [0.25, 0.3) is 0 Å². The van der Waals surface area contributed by atoms with Crippen LogP contribution in [0.4, 0.5) is 5.82 Å². The van der Waals surface area contributed by atoms with Crippen molar-refractivity contribution in [2.24, 2.45) is 11.1 Å². The molecule has 0 bridgehead atoms. The van der Waals surface area contributed by atoms with Crippen LogP contribution in [0.3, 0.4) is 0 Å². The van der Waals surface area contributed by atoms with Crippen LogP contribution in [0.5, 0.6) is 0 Å². The van der Waals surface area contributed by atoms with Gasteiger partial charge in [0.1, 0.15) is 5.82 Å². The van der Waals surface area contributed by atoms with Gasteiger partial charge < -0.3 is 16.2 Å². The lowest BCUT2D eigenvalue weighted by Gasteiger charge is -2.26. The number of primary amides is 1. The summed E-state index contributed by atoms with van der Waals surface area (Å²) >= 11 is 0. The van der Waals surface area contributed by atoms with Crippen LogP contribution < -0.4 is 11.1 Å². The summed E-state index contributed by atoms with van der Waals surface area (Å²) in [6.07, 6.45) is 4.38. The third kappa shape index (κ3) is 2.76. The van der Waals surface area contributed by atoms with Crippen molar-refractivity contribution in [2.45, 2.75) is 25.7 Å². The van der Waals surface area contributed by atoms with E-state index in [0.29, 0.717) is 12.4 Å². The van der Waals surface area contributed by atoms with Gasteiger partial charge in [0.2, 0.25) is 0 Å². The molecule has 0 radical (unpaired) electrons. The van der Waals surface area contributed by atoms with E-state index in [1.807, 2.05) is 0 Å². The fourth-order valence-corrected chi connectivity index (χ4v) is 2.35. The van der Waals surface area contributed by atoms with E-state index in [1.165, 1.54) is 6.07 Å². The Balaban J connectivity index is 1.95. The van der Waals surface area contributed by atoms with Gasteiger partial charge in [-0.1, -0.05) is 12.8 Å². The first-order valence-corrected chi connectivity index (χ1v) is 6.13. The molecule has 1 heterocycles. The van der Waals surface area contributed by atoms with Crippen molar-refractivity contribution in [3.63, 3.8) is 0 Å². The van der Waals surface area contributed by atoms with Gasteiger partial charge in [0, 0.05) is 12.0 Å². The topological polar surface area (TPSA) is 101 Å². The predicted octanol–water partition coefficient (Wildman–Crippen LogP) is 0.540. The molecular weight excluding hydrogens is 232 g/mol. The third-order valence-electron chi connectivity index (χ3n) is 3.56. The molecule has 0 spiro atoms. The average molecular weight is 250 g/mol. The number of hydrogen-bond donors (Lipinski definition) is 3. The standard InChI is InChI=1S/C12H18N4O2/c13-11(18)9-3-4-10(16-15-9)14-7-12(8-17)5-1-2-6-12/h3-4,17H,1-2,5-8H2,(H2,13,18)(H,14,16). The molecule has 1 aliphatic rings. The third-order valence-corrected chi connectivity index (χ3v) is 3.56. The Morgan fingerprint density at radius 2 is 2.11 bits per heavy atom. The minimum absolute atomic E-state index is 0.0377. The number of aliphatic hydroxyl groups is 1. The second-order valence-corrected chi connectivity index (χ2v) is 4.89. The second kappa shape index (κ2) is 5.30. The van der Waals surface area contributed by atoms with E-state index in [4.69, 9.17) is 5.73 Å². The average Bonchev–Trinajstić information content (AvgIpc) is 2.86. The monoisotopic (exact) mass is 250 g/mol. The zero-order valence-electron chi connectivity index (χ0n) is 10.2. The van der Waals surface area contributed by atoms with Crippen LogP contribution in [0.2, 0.25) is 0 Å². The summed E-state index contributed by atoms with van der Waals surface area (Å²) in [5, 5.41) is 20.2. The van der Waals surface area contributed by atoms with Crippen LogP contribution in [0.15, 0.2) is 12.1 Å². The van der Waals surface area contributed by atoms with Crippen molar-refractivity contribution in [2.75, 3.05) is 18.5 Å². The highest BCUT2D eigenvalue weighted by molar-refractivity contribution is 5.90. The fourth-order valence-electron chi connectivity index (χ4n) is 2.35. The number of anilines is 1. The molecule has 1 aromatic rings. The highest BCUT2D eigenvalue weighted by Crippen LogP contribution is 2.37. The minimum atomic E-state index is -0.586. The highest BCUT2D eigenvalue weighted by atomic mass is 16.3. The SMILES string of the molecule is NC(=O)c1ccc(NCC2(CO)CCCC2)nn1. The molecule has 1 aromatic heterocycles. The minimum Gasteiger partial charge on any atom is -0.396 e.